The van der Waals surface area contributed by atoms with Crippen LogP contribution in [0.1, 0.15) is 47.7 Å². The smallest absolute Gasteiger partial charge is 0.252 e. The van der Waals surface area contributed by atoms with E-state index in [1.807, 2.05) is 0 Å². The molecule has 1 atom stereocenters. The molecule has 1 heterocycles. The zero-order valence-electron chi connectivity index (χ0n) is 18.1. The topological polar surface area (TPSA) is 66.5 Å². The van der Waals surface area contributed by atoms with E-state index in [2.05, 4.69) is 29.6 Å². The second-order valence-electron chi connectivity index (χ2n) is 8.68. The molecule has 172 valence electrons. The number of hydrogen-bond donors (Lipinski definition) is 1. The summed E-state index contributed by atoms with van der Waals surface area (Å²) in [5, 5.41) is 3.84. The zero-order chi connectivity index (χ0) is 22.9. The first-order valence-corrected chi connectivity index (χ1v) is 13.4. The lowest BCUT2D eigenvalue weighted by molar-refractivity contribution is 0.0945. The van der Waals surface area contributed by atoms with Gasteiger partial charge in [-0.05, 0) is 67.9 Å². The van der Waals surface area contributed by atoms with Gasteiger partial charge in [-0.2, -0.15) is 0 Å². The standard InChI is InChI=1S/C24H28Cl2N2O3S/c1-2-32(30,31)28-13-10-24(11-14-28)18(15-17-5-3-4-6-21(17)24)9-12-27-23(29)20-8-7-19(25)16-22(20)26/h3-8,16,18H,2,9-15H2,1H3,(H,27,29). The molecule has 5 nitrogen and oxygen atoms in total. The number of rotatable bonds is 6. The van der Waals surface area contributed by atoms with Crippen LogP contribution in [-0.2, 0) is 21.9 Å². The molecule has 1 unspecified atom stereocenters. The third-order valence-electron chi connectivity index (χ3n) is 7.13. The lowest BCUT2D eigenvalue weighted by Gasteiger charge is -2.43. The van der Waals surface area contributed by atoms with Gasteiger partial charge in [0.05, 0.1) is 16.3 Å². The number of nitrogens with one attached hydrogen (secondary N) is 1. The Morgan fingerprint density at radius 2 is 1.88 bits per heavy atom. The Morgan fingerprint density at radius 1 is 1.16 bits per heavy atom. The predicted octanol–water partition coefficient (Wildman–Crippen LogP) is 4.67. The van der Waals surface area contributed by atoms with Crippen molar-refractivity contribution in [1.29, 1.82) is 0 Å². The van der Waals surface area contributed by atoms with Crippen LogP contribution >= 0.6 is 23.2 Å². The first kappa shape index (κ1) is 23.6. The van der Waals surface area contributed by atoms with Gasteiger partial charge in [-0.15, -0.1) is 0 Å². The van der Waals surface area contributed by atoms with Crippen LogP contribution in [0.3, 0.4) is 0 Å². The summed E-state index contributed by atoms with van der Waals surface area (Å²) in [6.07, 6.45) is 3.40. The Kier molecular flexibility index (Phi) is 6.87. The lowest BCUT2D eigenvalue weighted by Crippen LogP contribution is -2.48. The maximum Gasteiger partial charge on any atom is 0.252 e. The van der Waals surface area contributed by atoms with Crippen LogP contribution in [0.25, 0.3) is 0 Å². The Bertz CT molecular complexity index is 1110. The fraction of sp³-hybridized carbons (Fsp3) is 0.458. The summed E-state index contributed by atoms with van der Waals surface area (Å²) in [6.45, 7) is 3.33. The maximum atomic E-state index is 12.6. The minimum absolute atomic E-state index is 0.0427. The average Bonchev–Trinajstić information content (AvgIpc) is 3.07. The van der Waals surface area contributed by atoms with Crippen molar-refractivity contribution >= 4 is 39.1 Å². The van der Waals surface area contributed by atoms with Crippen LogP contribution in [0.2, 0.25) is 10.0 Å². The molecule has 32 heavy (non-hydrogen) atoms. The largest absolute Gasteiger partial charge is 0.352 e. The third-order valence-corrected chi connectivity index (χ3v) is 9.56. The SMILES string of the molecule is CCS(=O)(=O)N1CCC2(CC1)c1ccccc1CC2CCNC(=O)c1ccc(Cl)cc1Cl. The molecule has 1 aliphatic carbocycles. The minimum atomic E-state index is -3.17. The molecule has 1 spiro atoms. The van der Waals surface area contributed by atoms with Gasteiger partial charge in [0.15, 0.2) is 0 Å². The van der Waals surface area contributed by atoms with Gasteiger partial charge in [0, 0.05) is 30.1 Å². The number of halogens is 2. The van der Waals surface area contributed by atoms with E-state index in [0.29, 0.717) is 41.2 Å². The van der Waals surface area contributed by atoms with Crippen LogP contribution in [0.5, 0.6) is 0 Å². The molecule has 1 aliphatic heterocycles. The summed E-state index contributed by atoms with van der Waals surface area (Å²) in [4.78, 5) is 12.6. The van der Waals surface area contributed by atoms with Gasteiger partial charge in [0.1, 0.15) is 0 Å². The molecular formula is C24H28Cl2N2O3S. The van der Waals surface area contributed by atoms with E-state index in [1.165, 1.54) is 11.1 Å². The molecule has 1 saturated heterocycles. The van der Waals surface area contributed by atoms with E-state index in [-0.39, 0.29) is 17.1 Å². The predicted molar refractivity (Wildman–Crippen MR) is 129 cm³/mol. The second-order valence-corrected chi connectivity index (χ2v) is 11.8. The van der Waals surface area contributed by atoms with Crippen LogP contribution in [0.4, 0.5) is 0 Å². The highest BCUT2D eigenvalue weighted by Crippen LogP contribution is 2.51. The molecule has 0 saturated carbocycles. The van der Waals surface area contributed by atoms with Gasteiger partial charge in [-0.3, -0.25) is 4.79 Å². The highest BCUT2D eigenvalue weighted by atomic mass is 35.5. The van der Waals surface area contributed by atoms with Gasteiger partial charge >= 0.3 is 0 Å². The summed E-state index contributed by atoms with van der Waals surface area (Å²) in [5.41, 5.74) is 3.07. The maximum absolute atomic E-state index is 12.6. The Labute approximate surface area is 200 Å². The second kappa shape index (κ2) is 9.34. The van der Waals surface area contributed by atoms with Crippen molar-refractivity contribution in [3.63, 3.8) is 0 Å². The van der Waals surface area contributed by atoms with Crippen molar-refractivity contribution in [3.05, 3.63) is 69.2 Å². The van der Waals surface area contributed by atoms with E-state index in [4.69, 9.17) is 23.2 Å². The van der Waals surface area contributed by atoms with Gasteiger partial charge in [-0.1, -0.05) is 47.5 Å². The Balaban J connectivity index is 1.47. The zero-order valence-corrected chi connectivity index (χ0v) is 20.4. The normalized spacial score (nSPS) is 20.3. The number of fused-ring (bicyclic) bond motifs is 2. The molecule has 4 rings (SSSR count). The number of benzene rings is 2. The van der Waals surface area contributed by atoms with Crippen LogP contribution in [-0.4, -0.2) is 44.0 Å². The third kappa shape index (κ3) is 4.43. The lowest BCUT2D eigenvalue weighted by atomic mass is 9.67. The van der Waals surface area contributed by atoms with Crippen molar-refractivity contribution in [2.24, 2.45) is 5.92 Å². The number of nitrogens with zero attached hydrogens (tertiary/aromatic N) is 1. The molecule has 2 aliphatic rings. The molecule has 1 N–H and O–H groups in total. The minimum Gasteiger partial charge on any atom is -0.352 e. The Morgan fingerprint density at radius 3 is 2.56 bits per heavy atom. The molecule has 8 heteroatoms. The summed E-state index contributed by atoms with van der Waals surface area (Å²) in [6, 6.07) is 13.4. The van der Waals surface area contributed by atoms with E-state index in [1.54, 1.807) is 29.4 Å². The van der Waals surface area contributed by atoms with Gasteiger partial charge in [0.2, 0.25) is 10.0 Å². The number of amides is 1. The van der Waals surface area contributed by atoms with Crippen LogP contribution in [0, 0.1) is 5.92 Å². The molecule has 0 aromatic heterocycles. The van der Waals surface area contributed by atoms with Crippen molar-refractivity contribution in [3.8, 4) is 0 Å². The number of carbonyl (C=O) groups is 1. The van der Waals surface area contributed by atoms with Crippen LogP contribution < -0.4 is 5.32 Å². The molecule has 0 bridgehead atoms. The average molecular weight is 495 g/mol. The highest BCUT2D eigenvalue weighted by Gasteiger charge is 2.48. The van der Waals surface area contributed by atoms with Crippen molar-refractivity contribution < 1.29 is 13.2 Å². The fourth-order valence-corrected chi connectivity index (χ4v) is 6.99. The number of carbonyl (C=O) groups excluding carboxylic acids is 1. The summed E-state index contributed by atoms with van der Waals surface area (Å²) in [5.74, 6) is 0.284. The molecular weight excluding hydrogens is 467 g/mol. The van der Waals surface area contributed by atoms with Crippen molar-refractivity contribution in [1.82, 2.24) is 9.62 Å². The molecule has 0 radical (unpaired) electrons. The molecule has 1 fully saturated rings. The monoisotopic (exact) mass is 494 g/mol. The first-order chi connectivity index (χ1) is 15.3. The number of hydrogen-bond acceptors (Lipinski definition) is 3. The fourth-order valence-electron chi connectivity index (χ4n) is 5.40. The van der Waals surface area contributed by atoms with E-state index < -0.39 is 10.0 Å². The molecule has 2 aromatic carbocycles. The molecule has 1 amide bonds. The van der Waals surface area contributed by atoms with Crippen molar-refractivity contribution in [2.45, 2.75) is 38.0 Å². The van der Waals surface area contributed by atoms with E-state index >= 15 is 0 Å². The highest BCUT2D eigenvalue weighted by molar-refractivity contribution is 7.89. The van der Waals surface area contributed by atoms with E-state index in [0.717, 1.165) is 25.7 Å². The summed E-state index contributed by atoms with van der Waals surface area (Å²) >= 11 is 12.1. The van der Waals surface area contributed by atoms with Gasteiger partial charge in [-0.25, -0.2) is 12.7 Å². The first-order valence-electron chi connectivity index (χ1n) is 11.1. The Hall–Kier alpha value is -1.60. The summed E-state index contributed by atoms with van der Waals surface area (Å²) in [7, 11) is -3.17. The quantitative estimate of drug-likeness (QED) is 0.634. The summed E-state index contributed by atoms with van der Waals surface area (Å²) < 4.78 is 26.4. The van der Waals surface area contributed by atoms with Crippen molar-refractivity contribution in [2.75, 3.05) is 25.4 Å². The van der Waals surface area contributed by atoms with E-state index in [9.17, 15) is 13.2 Å². The van der Waals surface area contributed by atoms with Crippen LogP contribution in [0.15, 0.2) is 42.5 Å². The van der Waals surface area contributed by atoms with Gasteiger partial charge in [0.25, 0.3) is 5.91 Å². The molecule has 2 aromatic rings. The number of piperidine rings is 1. The van der Waals surface area contributed by atoms with Gasteiger partial charge < -0.3 is 5.32 Å². The number of sulfonamides is 1.